The van der Waals surface area contributed by atoms with E-state index in [1.165, 1.54) is 0 Å². The lowest BCUT2D eigenvalue weighted by atomic mass is 9.64. The van der Waals surface area contributed by atoms with Gasteiger partial charge in [0.15, 0.2) is 5.60 Å². The van der Waals surface area contributed by atoms with Crippen LogP contribution in [-0.2, 0) is 28.6 Å². The largest absolute Gasteiger partial charge is 0.453 e. The molecular formula is C16H23NO7S. The zero-order valence-corrected chi connectivity index (χ0v) is 15.0. The van der Waals surface area contributed by atoms with Gasteiger partial charge in [-0.1, -0.05) is 12.2 Å². The van der Waals surface area contributed by atoms with Crippen LogP contribution in [0.15, 0.2) is 12.2 Å². The Morgan fingerprint density at radius 2 is 2.20 bits per heavy atom. The summed E-state index contributed by atoms with van der Waals surface area (Å²) in [6, 6.07) is 0. The molecule has 3 aliphatic rings. The summed E-state index contributed by atoms with van der Waals surface area (Å²) >= 11 is 0. The molecule has 8 nitrogen and oxygen atoms in total. The van der Waals surface area contributed by atoms with Crippen molar-refractivity contribution >= 4 is 22.0 Å². The lowest BCUT2D eigenvalue weighted by Gasteiger charge is -2.54. The Balaban J connectivity index is 1.82. The maximum Gasteiger partial charge on any atom is 0.339 e. The summed E-state index contributed by atoms with van der Waals surface area (Å²) in [6.07, 6.45) is 6.29. The van der Waals surface area contributed by atoms with E-state index in [1.807, 2.05) is 12.2 Å². The molecule has 0 saturated carbocycles. The quantitative estimate of drug-likeness (QED) is 0.378. The predicted molar refractivity (Wildman–Crippen MR) is 86.8 cm³/mol. The number of amides is 1. The molecule has 0 radical (unpaired) electrons. The van der Waals surface area contributed by atoms with E-state index in [1.54, 1.807) is 6.92 Å². The summed E-state index contributed by atoms with van der Waals surface area (Å²) in [5, 5.41) is 13.5. The van der Waals surface area contributed by atoms with E-state index in [4.69, 9.17) is 8.92 Å². The summed E-state index contributed by atoms with van der Waals surface area (Å²) in [5.41, 5.74) is -2.72. The summed E-state index contributed by atoms with van der Waals surface area (Å²) in [6.45, 7) is 1.41. The summed E-state index contributed by atoms with van der Waals surface area (Å²) in [5.74, 6) is -2.12. The van der Waals surface area contributed by atoms with Crippen LogP contribution in [0.1, 0.15) is 32.6 Å². The van der Waals surface area contributed by atoms with Crippen LogP contribution in [0.4, 0.5) is 0 Å². The van der Waals surface area contributed by atoms with Crippen molar-refractivity contribution < 1.29 is 32.0 Å². The van der Waals surface area contributed by atoms with Crippen LogP contribution in [0.2, 0.25) is 0 Å². The van der Waals surface area contributed by atoms with Crippen molar-refractivity contribution in [3.63, 3.8) is 0 Å². The third kappa shape index (κ3) is 2.78. The number of nitrogens with one attached hydrogen (secondary N) is 1. The zero-order valence-electron chi connectivity index (χ0n) is 14.2. The molecule has 0 spiro atoms. The van der Waals surface area contributed by atoms with Gasteiger partial charge in [0.25, 0.3) is 10.1 Å². The molecule has 2 fully saturated rings. The van der Waals surface area contributed by atoms with Gasteiger partial charge in [-0.15, -0.1) is 0 Å². The van der Waals surface area contributed by atoms with Gasteiger partial charge in [0.1, 0.15) is 0 Å². The molecule has 0 aromatic heterocycles. The minimum Gasteiger partial charge on any atom is -0.453 e. The first-order chi connectivity index (χ1) is 11.6. The lowest BCUT2D eigenvalue weighted by Crippen LogP contribution is -2.80. The molecule has 1 amide bonds. The standard InChI is InChI=1S/C16H23NO7S/c1-15-11(8-9-23-25(2,21)22)13(19)17-16(15,14(20)24-15)12(18)10-6-4-3-5-7-10/h4,6,10-12,18H,3,5,7-9H2,1-2H3,(H,17,19)/t10-,11+,12+,15+,16+/m1/s1. The molecule has 9 heteroatoms. The van der Waals surface area contributed by atoms with E-state index in [0.29, 0.717) is 0 Å². The third-order valence-electron chi connectivity index (χ3n) is 5.56. The van der Waals surface area contributed by atoms with Gasteiger partial charge in [-0.2, -0.15) is 8.42 Å². The number of hydrogen-bond acceptors (Lipinski definition) is 7. The van der Waals surface area contributed by atoms with Crippen LogP contribution in [0.25, 0.3) is 0 Å². The fourth-order valence-electron chi connectivity index (χ4n) is 4.20. The Bertz CT molecular complexity index is 718. The zero-order chi connectivity index (χ0) is 18.5. The number of allylic oxidation sites excluding steroid dienone is 1. The molecule has 2 N–H and O–H groups in total. The molecule has 25 heavy (non-hydrogen) atoms. The summed E-state index contributed by atoms with van der Waals surface area (Å²) in [4.78, 5) is 24.8. The van der Waals surface area contributed by atoms with Gasteiger partial charge >= 0.3 is 5.97 Å². The molecule has 3 rings (SSSR count). The Labute approximate surface area is 146 Å². The molecule has 2 saturated heterocycles. The fraction of sp³-hybridized carbons (Fsp3) is 0.750. The van der Waals surface area contributed by atoms with Gasteiger partial charge in [0.2, 0.25) is 11.4 Å². The van der Waals surface area contributed by atoms with Crippen LogP contribution < -0.4 is 5.32 Å². The van der Waals surface area contributed by atoms with Gasteiger partial charge in [-0.3, -0.25) is 8.98 Å². The van der Waals surface area contributed by atoms with Crippen LogP contribution in [0, 0.1) is 11.8 Å². The SMILES string of the molecule is C[C@@]12OC(=O)[C@]1([C@@H](O)[C@@H]1C=CCCC1)NC(=O)[C@@H]2CCOS(C)(=O)=O. The number of esters is 1. The number of carbonyl (C=O) groups is 2. The molecule has 0 aromatic carbocycles. The smallest absolute Gasteiger partial charge is 0.339 e. The number of rotatable bonds is 6. The Morgan fingerprint density at radius 3 is 2.76 bits per heavy atom. The number of ether oxygens (including phenoxy) is 1. The fourth-order valence-corrected chi connectivity index (χ4v) is 4.60. The molecule has 1 aliphatic carbocycles. The molecule has 0 bridgehead atoms. The summed E-state index contributed by atoms with van der Waals surface area (Å²) in [7, 11) is -3.62. The maximum absolute atomic E-state index is 12.5. The first kappa shape index (κ1) is 18.3. The second-order valence-electron chi connectivity index (χ2n) is 7.13. The number of carbonyl (C=O) groups excluding carboxylic acids is 2. The van der Waals surface area contributed by atoms with Crippen molar-refractivity contribution in [2.45, 2.75) is 49.9 Å². The van der Waals surface area contributed by atoms with Crippen molar-refractivity contribution in [3.8, 4) is 0 Å². The summed E-state index contributed by atoms with van der Waals surface area (Å²) < 4.78 is 32.2. The minimum atomic E-state index is -3.62. The van der Waals surface area contributed by atoms with Gasteiger partial charge in [-0.25, -0.2) is 4.79 Å². The Morgan fingerprint density at radius 1 is 1.48 bits per heavy atom. The average Bonchev–Trinajstić information content (AvgIpc) is 2.71. The van der Waals surface area contributed by atoms with E-state index in [-0.39, 0.29) is 18.9 Å². The molecule has 5 atom stereocenters. The van der Waals surface area contributed by atoms with Crippen LogP contribution in [0.3, 0.4) is 0 Å². The van der Waals surface area contributed by atoms with Crippen LogP contribution >= 0.6 is 0 Å². The maximum atomic E-state index is 12.5. The first-order valence-electron chi connectivity index (χ1n) is 8.36. The number of aliphatic hydroxyl groups is 1. The third-order valence-corrected chi connectivity index (χ3v) is 6.15. The van der Waals surface area contributed by atoms with Gasteiger partial charge in [0.05, 0.1) is 24.9 Å². The minimum absolute atomic E-state index is 0.0671. The highest BCUT2D eigenvalue weighted by Crippen LogP contribution is 2.53. The molecule has 2 aliphatic heterocycles. The van der Waals surface area contributed by atoms with E-state index >= 15 is 0 Å². The highest BCUT2D eigenvalue weighted by atomic mass is 32.2. The number of hydrogen-bond donors (Lipinski definition) is 2. The number of fused-ring (bicyclic) bond motifs is 1. The van der Waals surface area contributed by atoms with E-state index in [9.17, 15) is 23.1 Å². The van der Waals surface area contributed by atoms with Gasteiger partial charge in [-0.05, 0) is 32.6 Å². The van der Waals surface area contributed by atoms with E-state index < -0.39 is 45.2 Å². The molecule has 2 heterocycles. The van der Waals surface area contributed by atoms with Crippen molar-refractivity contribution in [1.82, 2.24) is 5.32 Å². The Hall–Kier alpha value is -1.45. The number of aliphatic hydroxyl groups excluding tert-OH is 1. The predicted octanol–water partition coefficient (Wildman–Crippen LogP) is -0.130. The van der Waals surface area contributed by atoms with Gasteiger partial charge in [0, 0.05) is 5.92 Å². The van der Waals surface area contributed by atoms with Crippen molar-refractivity contribution in [3.05, 3.63) is 12.2 Å². The second kappa shape index (κ2) is 6.07. The molecular weight excluding hydrogens is 350 g/mol. The van der Waals surface area contributed by atoms with Crippen molar-refractivity contribution in [2.24, 2.45) is 11.8 Å². The van der Waals surface area contributed by atoms with Crippen molar-refractivity contribution in [2.75, 3.05) is 12.9 Å². The lowest BCUT2D eigenvalue weighted by molar-refractivity contribution is -0.238. The van der Waals surface area contributed by atoms with Crippen LogP contribution in [0.5, 0.6) is 0 Å². The van der Waals surface area contributed by atoms with Crippen molar-refractivity contribution in [1.29, 1.82) is 0 Å². The Kier molecular flexibility index (Phi) is 4.45. The highest BCUT2D eigenvalue weighted by Gasteiger charge is 2.79. The molecule has 0 unspecified atom stereocenters. The monoisotopic (exact) mass is 373 g/mol. The van der Waals surface area contributed by atoms with E-state index in [2.05, 4.69) is 5.32 Å². The topological polar surface area (TPSA) is 119 Å². The van der Waals surface area contributed by atoms with Crippen LogP contribution in [-0.4, -0.2) is 55.5 Å². The second-order valence-corrected chi connectivity index (χ2v) is 8.77. The first-order valence-corrected chi connectivity index (χ1v) is 10.2. The molecule has 0 aromatic rings. The average molecular weight is 373 g/mol. The normalized spacial score (nSPS) is 38.5. The van der Waals surface area contributed by atoms with E-state index in [0.717, 1.165) is 25.5 Å². The highest BCUT2D eigenvalue weighted by molar-refractivity contribution is 7.85. The van der Waals surface area contributed by atoms with Gasteiger partial charge < -0.3 is 15.2 Å². The molecule has 140 valence electrons.